The fraction of sp³-hybridized carbons (Fsp3) is 0.846. The summed E-state index contributed by atoms with van der Waals surface area (Å²) in [5, 5.41) is 11.5. The van der Waals surface area contributed by atoms with Gasteiger partial charge in [-0.3, -0.25) is 4.79 Å². The molecule has 1 atom stereocenters. The van der Waals surface area contributed by atoms with Crippen LogP contribution in [0.2, 0.25) is 0 Å². The monoisotopic (exact) mass is 269 g/mol. The molecule has 6 nitrogen and oxygen atoms in total. The molecule has 2 N–H and O–H groups in total. The highest BCUT2D eigenvalue weighted by Crippen LogP contribution is 2.19. The maximum atomic E-state index is 12.3. The first-order valence-corrected chi connectivity index (χ1v) is 7.13. The molecule has 2 aliphatic rings. The van der Waals surface area contributed by atoms with E-state index in [0.29, 0.717) is 12.5 Å². The van der Waals surface area contributed by atoms with E-state index in [0.717, 1.165) is 51.9 Å². The molecule has 1 unspecified atom stereocenters. The molecule has 2 rings (SSSR count). The maximum absolute atomic E-state index is 12.3. The van der Waals surface area contributed by atoms with E-state index in [9.17, 15) is 9.59 Å². The molecular weight excluding hydrogens is 246 g/mol. The Kier molecular flexibility index (Phi) is 5.01. The zero-order valence-electron chi connectivity index (χ0n) is 11.3. The molecule has 0 aliphatic carbocycles. The number of nitrogens with zero attached hydrogens (tertiary/aromatic N) is 2. The van der Waals surface area contributed by atoms with Gasteiger partial charge in [-0.25, -0.2) is 4.79 Å². The number of urea groups is 1. The van der Waals surface area contributed by atoms with Gasteiger partial charge in [0.05, 0.1) is 6.54 Å². The van der Waals surface area contributed by atoms with Gasteiger partial charge >= 0.3 is 12.0 Å². The smallest absolute Gasteiger partial charge is 0.320 e. The van der Waals surface area contributed by atoms with E-state index in [1.54, 1.807) is 0 Å². The van der Waals surface area contributed by atoms with Crippen LogP contribution >= 0.6 is 0 Å². The van der Waals surface area contributed by atoms with Gasteiger partial charge in [-0.1, -0.05) is 0 Å². The molecule has 2 amide bonds. The van der Waals surface area contributed by atoms with Gasteiger partial charge in [0.2, 0.25) is 0 Å². The van der Waals surface area contributed by atoms with Gasteiger partial charge in [-0.05, 0) is 31.6 Å². The second-order valence-corrected chi connectivity index (χ2v) is 5.46. The Balaban J connectivity index is 1.76. The van der Waals surface area contributed by atoms with Crippen LogP contribution in [0.15, 0.2) is 0 Å². The van der Waals surface area contributed by atoms with Crippen LogP contribution in [0.5, 0.6) is 0 Å². The van der Waals surface area contributed by atoms with Gasteiger partial charge in [-0.15, -0.1) is 0 Å². The fourth-order valence-electron chi connectivity index (χ4n) is 2.90. The number of hydrogen-bond acceptors (Lipinski definition) is 3. The molecule has 6 heteroatoms. The van der Waals surface area contributed by atoms with Crippen molar-refractivity contribution in [1.29, 1.82) is 0 Å². The highest BCUT2D eigenvalue weighted by Gasteiger charge is 2.28. The van der Waals surface area contributed by atoms with E-state index in [1.807, 2.05) is 9.80 Å². The first-order valence-electron chi connectivity index (χ1n) is 7.13. The van der Waals surface area contributed by atoms with E-state index in [2.05, 4.69) is 5.32 Å². The summed E-state index contributed by atoms with van der Waals surface area (Å²) >= 11 is 0. The average Bonchev–Trinajstić information content (AvgIpc) is 2.91. The van der Waals surface area contributed by atoms with E-state index in [4.69, 9.17) is 5.11 Å². The predicted octanol–water partition coefficient (Wildman–Crippen LogP) is 0.588. The molecule has 0 radical (unpaired) electrons. The molecule has 0 spiro atoms. The summed E-state index contributed by atoms with van der Waals surface area (Å²) in [7, 11) is 0. The first-order chi connectivity index (χ1) is 9.16. The van der Waals surface area contributed by atoms with Crippen LogP contribution in [0.4, 0.5) is 4.79 Å². The lowest BCUT2D eigenvalue weighted by atomic mass is 9.98. The minimum absolute atomic E-state index is 0.00340. The normalized spacial score (nSPS) is 23.7. The number of rotatable bonds is 4. The van der Waals surface area contributed by atoms with Gasteiger partial charge in [0.1, 0.15) is 0 Å². The first kappa shape index (κ1) is 14.1. The summed E-state index contributed by atoms with van der Waals surface area (Å²) in [5.74, 6) is -0.458. The van der Waals surface area contributed by atoms with Crippen molar-refractivity contribution in [2.75, 3.05) is 39.3 Å². The number of likely N-dealkylation sites (tertiary alicyclic amines) is 2. The molecule has 2 aliphatic heterocycles. The Morgan fingerprint density at radius 3 is 2.47 bits per heavy atom. The summed E-state index contributed by atoms with van der Waals surface area (Å²) in [4.78, 5) is 26.6. The Bertz CT molecular complexity index is 329. The van der Waals surface area contributed by atoms with Crippen molar-refractivity contribution in [2.24, 2.45) is 5.92 Å². The largest absolute Gasteiger partial charge is 0.480 e. The van der Waals surface area contributed by atoms with Crippen LogP contribution in [-0.2, 0) is 4.79 Å². The third kappa shape index (κ3) is 4.09. The molecule has 0 aromatic carbocycles. The van der Waals surface area contributed by atoms with Crippen molar-refractivity contribution in [1.82, 2.24) is 15.1 Å². The van der Waals surface area contributed by atoms with E-state index in [1.165, 1.54) is 0 Å². The number of aliphatic carboxylic acids is 1. The predicted molar refractivity (Wildman–Crippen MR) is 71.0 cm³/mol. The second-order valence-electron chi connectivity index (χ2n) is 5.46. The topological polar surface area (TPSA) is 72.9 Å². The number of carbonyl (C=O) groups is 2. The van der Waals surface area contributed by atoms with E-state index < -0.39 is 5.97 Å². The molecule has 0 aromatic rings. The number of hydrogen-bond donors (Lipinski definition) is 2. The molecule has 19 heavy (non-hydrogen) atoms. The van der Waals surface area contributed by atoms with Crippen molar-refractivity contribution in [3.05, 3.63) is 0 Å². The number of carboxylic acid groups (broad SMARTS) is 1. The van der Waals surface area contributed by atoms with Gasteiger partial charge in [-0.2, -0.15) is 0 Å². The number of nitrogens with one attached hydrogen (secondary N) is 1. The van der Waals surface area contributed by atoms with E-state index in [-0.39, 0.29) is 12.6 Å². The van der Waals surface area contributed by atoms with Gasteiger partial charge in [0, 0.05) is 32.7 Å². The minimum atomic E-state index is -0.833. The summed E-state index contributed by atoms with van der Waals surface area (Å²) in [6.45, 7) is 4.04. The molecule has 2 heterocycles. The summed E-state index contributed by atoms with van der Waals surface area (Å²) in [6.07, 6.45) is 4.31. The Morgan fingerprint density at radius 1 is 1.11 bits per heavy atom. The standard InChI is InChI=1S/C13H23N3O3/c17-12(18)9-14-8-11-4-3-7-16(10-11)13(19)15-5-1-2-6-15/h11,14H,1-10H2,(H,17,18). The molecule has 108 valence electrons. The third-order valence-corrected chi connectivity index (χ3v) is 3.88. The molecule has 2 saturated heterocycles. The Hall–Kier alpha value is -1.30. The zero-order chi connectivity index (χ0) is 13.7. The van der Waals surface area contributed by atoms with Crippen molar-refractivity contribution in [2.45, 2.75) is 25.7 Å². The van der Waals surface area contributed by atoms with Crippen LogP contribution in [0.3, 0.4) is 0 Å². The van der Waals surface area contributed by atoms with Crippen LogP contribution in [0.1, 0.15) is 25.7 Å². The van der Waals surface area contributed by atoms with Crippen molar-refractivity contribution < 1.29 is 14.7 Å². The minimum Gasteiger partial charge on any atom is -0.480 e. The SMILES string of the molecule is O=C(O)CNCC1CCCN(C(=O)N2CCCC2)C1. The number of carboxylic acids is 1. The number of piperidine rings is 1. The summed E-state index contributed by atoms with van der Waals surface area (Å²) in [5.41, 5.74) is 0. The number of carbonyl (C=O) groups excluding carboxylic acids is 1. The van der Waals surface area contributed by atoms with Crippen molar-refractivity contribution in [3.63, 3.8) is 0 Å². The van der Waals surface area contributed by atoms with Crippen LogP contribution in [0, 0.1) is 5.92 Å². The maximum Gasteiger partial charge on any atom is 0.320 e. The summed E-state index contributed by atoms with van der Waals surface area (Å²) in [6, 6.07) is 0.167. The van der Waals surface area contributed by atoms with E-state index >= 15 is 0 Å². The third-order valence-electron chi connectivity index (χ3n) is 3.88. The quantitative estimate of drug-likeness (QED) is 0.783. The Morgan fingerprint density at radius 2 is 1.79 bits per heavy atom. The summed E-state index contributed by atoms with van der Waals surface area (Å²) < 4.78 is 0. The number of amides is 2. The zero-order valence-corrected chi connectivity index (χ0v) is 11.3. The van der Waals surface area contributed by atoms with Gasteiger partial charge < -0.3 is 20.2 Å². The van der Waals surface area contributed by atoms with Gasteiger partial charge in [0.25, 0.3) is 0 Å². The lowest BCUT2D eigenvalue weighted by Gasteiger charge is -2.35. The molecular formula is C13H23N3O3. The molecule has 2 fully saturated rings. The van der Waals surface area contributed by atoms with Crippen LogP contribution in [-0.4, -0.2) is 66.2 Å². The van der Waals surface area contributed by atoms with Crippen molar-refractivity contribution in [3.8, 4) is 0 Å². The van der Waals surface area contributed by atoms with Gasteiger partial charge in [0.15, 0.2) is 0 Å². The lowest BCUT2D eigenvalue weighted by molar-refractivity contribution is -0.136. The fourth-order valence-corrected chi connectivity index (χ4v) is 2.90. The van der Waals surface area contributed by atoms with Crippen molar-refractivity contribution >= 4 is 12.0 Å². The molecule has 0 saturated carbocycles. The molecule has 0 aromatic heterocycles. The lowest BCUT2D eigenvalue weighted by Crippen LogP contribution is -2.48. The van der Waals surface area contributed by atoms with Crippen LogP contribution < -0.4 is 5.32 Å². The highest BCUT2D eigenvalue weighted by molar-refractivity contribution is 5.74. The second kappa shape index (κ2) is 6.75. The Labute approximate surface area is 113 Å². The average molecular weight is 269 g/mol. The molecule has 0 bridgehead atoms. The highest BCUT2D eigenvalue weighted by atomic mass is 16.4. The van der Waals surface area contributed by atoms with Crippen LogP contribution in [0.25, 0.3) is 0 Å².